The maximum absolute atomic E-state index is 10.9. The van der Waals surface area contributed by atoms with Gasteiger partial charge >= 0.3 is 5.97 Å². The van der Waals surface area contributed by atoms with Crippen molar-refractivity contribution in [3.05, 3.63) is 64.7 Å². The maximum atomic E-state index is 10.9. The summed E-state index contributed by atoms with van der Waals surface area (Å²) in [7, 11) is 1.61. The SMILES string of the molecule is COc1ccc(/C=C(/C#N)c2ccc(C(=O)O)cc2)c(C)c1. The molecule has 0 bridgehead atoms. The van der Waals surface area contributed by atoms with Gasteiger partial charge in [0.2, 0.25) is 0 Å². The third kappa shape index (κ3) is 3.33. The molecule has 0 spiro atoms. The molecule has 0 fully saturated rings. The number of allylic oxidation sites excluding steroid dienone is 1. The quantitative estimate of drug-likeness (QED) is 0.688. The summed E-state index contributed by atoms with van der Waals surface area (Å²) >= 11 is 0. The first-order chi connectivity index (χ1) is 10.5. The second-order valence-corrected chi connectivity index (χ2v) is 4.77. The highest BCUT2D eigenvalue weighted by atomic mass is 16.5. The van der Waals surface area contributed by atoms with E-state index in [2.05, 4.69) is 6.07 Å². The van der Waals surface area contributed by atoms with Crippen LogP contribution in [0.4, 0.5) is 0 Å². The Morgan fingerprint density at radius 2 is 1.82 bits per heavy atom. The Morgan fingerprint density at radius 1 is 1.18 bits per heavy atom. The fraction of sp³-hybridized carbons (Fsp3) is 0.111. The van der Waals surface area contributed by atoms with Crippen LogP contribution in [0.25, 0.3) is 11.6 Å². The topological polar surface area (TPSA) is 70.3 Å². The molecule has 4 heteroatoms. The van der Waals surface area contributed by atoms with Gasteiger partial charge in [-0.05, 0) is 54.0 Å². The molecule has 0 heterocycles. The van der Waals surface area contributed by atoms with Gasteiger partial charge in [0.05, 0.1) is 24.3 Å². The standard InChI is InChI=1S/C18H15NO3/c1-12-9-17(22-2)8-7-15(12)10-16(11-19)13-3-5-14(6-4-13)18(20)21/h3-10H,1-2H3,(H,20,21)/b16-10-. The molecule has 0 aromatic heterocycles. The maximum Gasteiger partial charge on any atom is 0.335 e. The van der Waals surface area contributed by atoms with Gasteiger partial charge in [-0.2, -0.15) is 5.26 Å². The number of ether oxygens (including phenoxy) is 1. The predicted octanol–water partition coefficient (Wildman–Crippen LogP) is 3.77. The zero-order valence-corrected chi connectivity index (χ0v) is 12.3. The molecule has 110 valence electrons. The van der Waals surface area contributed by atoms with Crippen LogP contribution in [-0.4, -0.2) is 18.2 Å². The van der Waals surface area contributed by atoms with Crippen molar-refractivity contribution in [3.63, 3.8) is 0 Å². The zero-order chi connectivity index (χ0) is 16.1. The number of rotatable bonds is 4. The highest BCUT2D eigenvalue weighted by molar-refractivity contribution is 5.92. The Balaban J connectivity index is 2.39. The smallest absolute Gasteiger partial charge is 0.335 e. The van der Waals surface area contributed by atoms with Crippen molar-refractivity contribution in [3.8, 4) is 11.8 Å². The first-order valence-electron chi connectivity index (χ1n) is 6.65. The monoisotopic (exact) mass is 293 g/mol. The normalized spacial score (nSPS) is 10.9. The third-order valence-corrected chi connectivity index (χ3v) is 3.34. The van der Waals surface area contributed by atoms with Gasteiger partial charge in [0.1, 0.15) is 5.75 Å². The van der Waals surface area contributed by atoms with E-state index in [1.165, 1.54) is 12.1 Å². The number of methoxy groups -OCH3 is 1. The van der Waals surface area contributed by atoms with Crippen molar-refractivity contribution in [2.24, 2.45) is 0 Å². The number of hydrogen-bond acceptors (Lipinski definition) is 3. The Morgan fingerprint density at radius 3 is 2.32 bits per heavy atom. The van der Waals surface area contributed by atoms with Crippen LogP contribution in [0.1, 0.15) is 27.0 Å². The van der Waals surface area contributed by atoms with Gasteiger partial charge in [-0.3, -0.25) is 0 Å². The molecule has 2 aromatic rings. The van der Waals surface area contributed by atoms with Crippen LogP contribution in [-0.2, 0) is 0 Å². The van der Waals surface area contributed by atoms with Gasteiger partial charge in [0.15, 0.2) is 0 Å². The second kappa shape index (κ2) is 6.59. The molecule has 0 amide bonds. The lowest BCUT2D eigenvalue weighted by atomic mass is 10.00. The van der Waals surface area contributed by atoms with E-state index in [-0.39, 0.29) is 5.56 Å². The summed E-state index contributed by atoms with van der Waals surface area (Å²) in [6.07, 6.45) is 1.78. The van der Waals surface area contributed by atoms with Crippen LogP contribution in [0.5, 0.6) is 5.75 Å². The van der Waals surface area contributed by atoms with Crippen LogP contribution in [0.2, 0.25) is 0 Å². The van der Waals surface area contributed by atoms with E-state index in [0.29, 0.717) is 11.1 Å². The van der Waals surface area contributed by atoms with E-state index in [9.17, 15) is 10.1 Å². The largest absolute Gasteiger partial charge is 0.497 e. The number of nitriles is 1. The van der Waals surface area contributed by atoms with Crippen LogP contribution in [0.3, 0.4) is 0 Å². The van der Waals surface area contributed by atoms with Crippen molar-refractivity contribution in [1.82, 2.24) is 0 Å². The summed E-state index contributed by atoms with van der Waals surface area (Å²) in [6.45, 7) is 1.94. The number of carboxylic acid groups (broad SMARTS) is 1. The van der Waals surface area contributed by atoms with E-state index in [4.69, 9.17) is 9.84 Å². The molecule has 4 nitrogen and oxygen atoms in total. The number of carbonyl (C=O) groups is 1. The molecule has 0 atom stereocenters. The number of benzene rings is 2. The predicted molar refractivity (Wildman–Crippen MR) is 84.6 cm³/mol. The van der Waals surface area contributed by atoms with Crippen molar-refractivity contribution in [2.75, 3.05) is 7.11 Å². The lowest BCUT2D eigenvalue weighted by Crippen LogP contribution is -1.95. The van der Waals surface area contributed by atoms with E-state index in [1.807, 2.05) is 25.1 Å². The van der Waals surface area contributed by atoms with Gasteiger partial charge in [0.25, 0.3) is 0 Å². The molecule has 0 radical (unpaired) electrons. The Labute approximate surface area is 128 Å². The fourth-order valence-corrected chi connectivity index (χ4v) is 2.07. The van der Waals surface area contributed by atoms with Crippen molar-refractivity contribution >= 4 is 17.6 Å². The van der Waals surface area contributed by atoms with Gasteiger partial charge in [0, 0.05) is 0 Å². The third-order valence-electron chi connectivity index (χ3n) is 3.34. The van der Waals surface area contributed by atoms with Crippen molar-refractivity contribution in [1.29, 1.82) is 5.26 Å². The molecule has 22 heavy (non-hydrogen) atoms. The van der Waals surface area contributed by atoms with Crippen LogP contribution < -0.4 is 4.74 Å². The average molecular weight is 293 g/mol. The summed E-state index contributed by atoms with van der Waals surface area (Å²) in [6, 6.07) is 14.0. The zero-order valence-electron chi connectivity index (χ0n) is 12.3. The molecule has 0 unspecified atom stereocenters. The Bertz CT molecular complexity index is 768. The Kier molecular flexibility index (Phi) is 4.60. The first kappa shape index (κ1) is 15.3. The summed E-state index contributed by atoms with van der Waals surface area (Å²) in [4.78, 5) is 10.9. The van der Waals surface area contributed by atoms with Gasteiger partial charge in [-0.15, -0.1) is 0 Å². The number of aromatic carboxylic acids is 1. The molecule has 0 aliphatic heterocycles. The van der Waals surface area contributed by atoms with Gasteiger partial charge in [-0.1, -0.05) is 18.2 Å². The molecule has 0 saturated carbocycles. The first-order valence-corrected chi connectivity index (χ1v) is 6.65. The molecule has 1 N–H and O–H groups in total. The molecular formula is C18H15NO3. The second-order valence-electron chi connectivity index (χ2n) is 4.77. The van der Waals surface area contributed by atoms with Crippen LogP contribution in [0, 0.1) is 18.3 Å². The minimum absolute atomic E-state index is 0.196. The van der Waals surface area contributed by atoms with Gasteiger partial charge in [-0.25, -0.2) is 4.79 Å². The van der Waals surface area contributed by atoms with Crippen molar-refractivity contribution < 1.29 is 14.6 Å². The highest BCUT2D eigenvalue weighted by Crippen LogP contribution is 2.23. The van der Waals surface area contributed by atoms with E-state index in [0.717, 1.165) is 16.9 Å². The van der Waals surface area contributed by atoms with E-state index in [1.54, 1.807) is 25.3 Å². The average Bonchev–Trinajstić information content (AvgIpc) is 2.53. The van der Waals surface area contributed by atoms with E-state index >= 15 is 0 Å². The summed E-state index contributed by atoms with van der Waals surface area (Å²) < 4.78 is 5.16. The summed E-state index contributed by atoms with van der Waals surface area (Å²) in [5, 5.41) is 18.3. The molecule has 0 aliphatic rings. The van der Waals surface area contributed by atoms with Crippen molar-refractivity contribution in [2.45, 2.75) is 6.92 Å². The van der Waals surface area contributed by atoms with Crippen LogP contribution in [0.15, 0.2) is 42.5 Å². The van der Waals surface area contributed by atoms with Crippen LogP contribution >= 0.6 is 0 Å². The fourth-order valence-electron chi connectivity index (χ4n) is 2.07. The molecule has 2 aromatic carbocycles. The Hall–Kier alpha value is -3.06. The minimum atomic E-state index is -0.986. The molecular weight excluding hydrogens is 278 g/mol. The number of aryl methyl sites for hydroxylation is 1. The summed E-state index contributed by atoms with van der Waals surface area (Å²) in [5.41, 5.74) is 3.27. The number of nitrogens with zero attached hydrogens (tertiary/aromatic N) is 1. The summed E-state index contributed by atoms with van der Waals surface area (Å²) in [5.74, 6) is -0.223. The van der Waals surface area contributed by atoms with Gasteiger partial charge < -0.3 is 9.84 Å². The highest BCUT2D eigenvalue weighted by Gasteiger charge is 2.06. The molecule has 2 rings (SSSR count). The lowest BCUT2D eigenvalue weighted by molar-refractivity contribution is 0.0697. The molecule has 0 saturated heterocycles. The number of carboxylic acids is 1. The minimum Gasteiger partial charge on any atom is -0.497 e. The lowest BCUT2D eigenvalue weighted by Gasteiger charge is -2.06. The number of hydrogen-bond donors (Lipinski definition) is 1. The van der Waals surface area contributed by atoms with E-state index < -0.39 is 5.97 Å². The molecule has 0 aliphatic carbocycles.